The molecule has 0 N–H and O–H groups in total. The third-order valence-electron chi connectivity index (χ3n) is 5.31. The molecule has 1 amide bonds. The second kappa shape index (κ2) is 7.37. The summed E-state index contributed by atoms with van der Waals surface area (Å²) in [6, 6.07) is 6.59. The Morgan fingerprint density at radius 3 is 2.63 bits per heavy atom. The Kier molecular flexibility index (Phi) is 4.99. The van der Waals surface area contributed by atoms with E-state index in [9.17, 15) is 18.0 Å². The van der Waals surface area contributed by atoms with Gasteiger partial charge in [0, 0.05) is 17.4 Å². The van der Waals surface area contributed by atoms with Crippen LogP contribution in [0.3, 0.4) is 0 Å². The Labute approximate surface area is 171 Å². The zero-order valence-electron chi connectivity index (χ0n) is 16.9. The van der Waals surface area contributed by atoms with E-state index in [0.717, 1.165) is 36.4 Å². The molecule has 9 heteroatoms. The third-order valence-corrected chi connectivity index (χ3v) is 5.31. The van der Waals surface area contributed by atoms with Gasteiger partial charge >= 0.3 is 6.18 Å². The molecule has 0 saturated heterocycles. The third kappa shape index (κ3) is 4.01. The summed E-state index contributed by atoms with van der Waals surface area (Å²) in [7, 11) is 0. The Balaban J connectivity index is 1.59. The number of nitrogens with zero attached hydrogens (tertiary/aromatic N) is 5. The summed E-state index contributed by atoms with van der Waals surface area (Å²) >= 11 is 0. The largest absolute Gasteiger partial charge is 0.416 e. The number of amides is 1. The summed E-state index contributed by atoms with van der Waals surface area (Å²) in [5, 5.41) is 4.38. The Bertz CT molecular complexity index is 1100. The van der Waals surface area contributed by atoms with Crippen molar-refractivity contribution in [1.82, 2.24) is 24.5 Å². The van der Waals surface area contributed by atoms with E-state index in [-0.39, 0.29) is 18.4 Å². The fraction of sp³-hybridized carbons (Fsp3) is 0.429. The van der Waals surface area contributed by atoms with Gasteiger partial charge in [0.15, 0.2) is 5.82 Å². The van der Waals surface area contributed by atoms with E-state index in [1.165, 1.54) is 6.07 Å². The van der Waals surface area contributed by atoms with E-state index in [0.29, 0.717) is 17.2 Å². The molecule has 1 aromatic carbocycles. The number of carbonyl (C=O) groups is 1. The second-order valence-corrected chi connectivity index (χ2v) is 7.79. The van der Waals surface area contributed by atoms with Crippen LogP contribution >= 0.6 is 0 Å². The molecule has 0 radical (unpaired) electrons. The maximum absolute atomic E-state index is 13.1. The summed E-state index contributed by atoms with van der Waals surface area (Å²) in [5.41, 5.74) is 1.42. The van der Waals surface area contributed by atoms with E-state index in [1.54, 1.807) is 22.4 Å². The van der Waals surface area contributed by atoms with Crippen molar-refractivity contribution in [3.05, 3.63) is 58.7 Å². The van der Waals surface area contributed by atoms with Crippen LogP contribution in [0.2, 0.25) is 0 Å². The van der Waals surface area contributed by atoms with Crippen molar-refractivity contribution in [2.45, 2.75) is 58.3 Å². The first-order valence-electron chi connectivity index (χ1n) is 9.81. The number of fused-ring (bicyclic) bond motifs is 1. The molecule has 1 aliphatic carbocycles. The highest BCUT2D eigenvalue weighted by molar-refractivity contribution is 5.79. The SMILES string of the molecule is Cc1cc(C)n2nc(CC(=O)N(C3CC3)C(C)c3cccc(C(F)(F)F)c3)nc2n1. The van der Waals surface area contributed by atoms with Gasteiger partial charge < -0.3 is 4.90 Å². The number of alkyl halides is 3. The fourth-order valence-corrected chi connectivity index (χ4v) is 3.73. The van der Waals surface area contributed by atoms with Gasteiger partial charge in [-0.25, -0.2) is 9.50 Å². The van der Waals surface area contributed by atoms with Crippen molar-refractivity contribution in [2.24, 2.45) is 0 Å². The molecule has 1 aliphatic rings. The molecule has 158 valence electrons. The van der Waals surface area contributed by atoms with Crippen LogP contribution in [0.25, 0.3) is 5.78 Å². The van der Waals surface area contributed by atoms with Gasteiger partial charge in [-0.2, -0.15) is 18.2 Å². The molecule has 1 unspecified atom stereocenters. The zero-order chi connectivity index (χ0) is 21.6. The number of hydrogen-bond acceptors (Lipinski definition) is 4. The van der Waals surface area contributed by atoms with Crippen molar-refractivity contribution < 1.29 is 18.0 Å². The molecule has 1 fully saturated rings. The van der Waals surface area contributed by atoms with Crippen molar-refractivity contribution in [2.75, 3.05) is 0 Å². The van der Waals surface area contributed by atoms with Gasteiger partial charge in [0.05, 0.1) is 18.0 Å². The molecule has 0 bridgehead atoms. The monoisotopic (exact) mass is 417 g/mol. The van der Waals surface area contributed by atoms with Crippen molar-refractivity contribution in [3.8, 4) is 0 Å². The Hall–Kier alpha value is -2.97. The lowest BCUT2D eigenvalue weighted by Crippen LogP contribution is -2.37. The first-order valence-corrected chi connectivity index (χ1v) is 9.81. The van der Waals surface area contributed by atoms with Gasteiger partial charge in [0.25, 0.3) is 5.78 Å². The average molecular weight is 417 g/mol. The number of aromatic nitrogens is 4. The predicted octanol–water partition coefficient (Wildman–Crippen LogP) is 4.05. The van der Waals surface area contributed by atoms with Crippen molar-refractivity contribution in [3.63, 3.8) is 0 Å². The minimum atomic E-state index is -4.42. The number of carbonyl (C=O) groups excluding carboxylic acids is 1. The molecule has 6 nitrogen and oxygen atoms in total. The normalized spacial score (nSPS) is 15.4. The predicted molar refractivity (Wildman–Crippen MR) is 104 cm³/mol. The van der Waals surface area contributed by atoms with E-state index >= 15 is 0 Å². The summed E-state index contributed by atoms with van der Waals surface area (Å²) < 4.78 is 40.9. The highest BCUT2D eigenvalue weighted by Crippen LogP contribution is 2.37. The summed E-state index contributed by atoms with van der Waals surface area (Å²) in [4.78, 5) is 23.5. The van der Waals surface area contributed by atoms with E-state index in [4.69, 9.17) is 0 Å². The van der Waals surface area contributed by atoms with Crippen LogP contribution in [0.15, 0.2) is 30.3 Å². The number of rotatable bonds is 5. The minimum absolute atomic E-state index is 0.0261. The molecule has 3 aromatic rings. The van der Waals surface area contributed by atoms with Crippen LogP contribution in [0.5, 0.6) is 0 Å². The fourth-order valence-electron chi connectivity index (χ4n) is 3.73. The molecule has 2 aromatic heterocycles. The summed E-state index contributed by atoms with van der Waals surface area (Å²) in [6.45, 7) is 5.50. The molecular weight excluding hydrogens is 395 g/mol. The lowest BCUT2D eigenvalue weighted by atomic mass is 10.0. The highest BCUT2D eigenvalue weighted by Gasteiger charge is 2.37. The molecular formula is C21H22F3N5O. The second-order valence-electron chi connectivity index (χ2n) is 7.79. The van der Waals surface area contributed by atoms with Gasteiger partial charge in [0.1, 0.15) is 0 Å². The zero-order valence-corrected chi connectivity index (χ0v) is 16.9. The lowest BCUT2D eigenvalue weighted by molar-refractivity contribution is -0.137. The molecule has 30 heavy (non-hydrogen) atoms. The van der Waals surface area contributed by atoms with Crippen LogP contribution in [0.4, 0.5) is 13.2 Å². The molecule has 2 heterocycles. The first-order chi connectivity index (χ1) is 14.1. The summed E-state index contributed by atoms with van der Waals surface area (Å²) in [5.74, 6) is 0.579. The lowest BCUT2D eigenvalue weighted by Gasteiger charge is -2.30. The molecule has 0 aliphatic heterocycles. The van der Waals surface area contributed by atoms with Gasteiger partial charge in [-0.15, -0.1) is 5.10 Å². The standard InChI is InChI=1S/C21H22F3N5O/c1-12-9-13(2)29-20(25-12)26-18(27-29)11-19(30)28(17-7-8-17)14(3)15-5-4-6-16(10-15)21(22,23)24/h4-6,9-10,14,17H,7-8,11H2,1-3H3. The highest BCUT2D eigenvalue weighted by atomic mass is 19.4. The Morgan fingerprint density at radius 2 is 1.97 bits per heavy atom. The van der Waals surface area contributed by atoms with Crippen LogP contribution in [0, 0.1) is 13.8 Å². The van der Waals surface area contributed by atoms with Gasteiger partial charge in [-0.05, 0) is 57.4 Å². The van der Waals surface area contributed by atoms with Crippen LogP contribution < -0.4 is 0 Å². The first kappa shape index (κ1) is 20.3. The quantitative estimate of drug-likeness (QED) is 0.628. The van der Waals surface area contributed by atoms with E-state index < -0.39 is 17.8 Å². The van der Waals surface area contributed by atoms with Crippen LogP contribution in [0.1, 0.15) is 54.1 Å². The van der Waals surface area contributed by atoms with Gasteiger partial charge in [-0.1, -0.05) is 12.1 Å². The van der Waals surface area contributed by atoms with Crippen LogP contribution in [-0.4, -0.2) is 36.4 Å². The Morgan fingerprint density at radius 1 is 1.23 bits per heavy atom. The molecule has 0 spiro atoms. The molecule has 4 rings (SSSR count). The van der Waals surface area contributed by atoms with E-state index in [1.807, 2.05) is 19.9 Å². The molecule has 1 saturated carbocycles. The minimum Gasteiger partial charge on any atom is -0.333 e. The number of hydrogen-bond donors (Lipinski definition) is 0. The topological polar surface area (TPSA) is 63.4 Å². The van der Waals surface area contributed by atoms with Crippen molar-refractivity contribution in [1.29, 1.82) is 0 Å². The van der Waals surface area contributed by atoms with Gasteiger partial charge in [0.2, 0.25) is 5.91 Å². The average Bonchev–Trinajstić information content (AvgIpc) is 3.41. The van der Waals surface area contributed by atoms with Gasteiger partial charge in [-0.3, -0.25) is 4.79 Å². The number of benzene rings is 1. The number of halogens is 3. The summed E-state index contributed by atoms with van der Waals surface area (Å²) in [6.07, 6.45) is -2.77. The maximum atomic E-state index is 13.1. The molecule has 1 atom stereocenters. The van der Waals surface area contributed by atoms with E-state index in [2.05, 4.69) is 15.1 Å². The van der Waals surface area contributed by atoms with Crippen LogP contribution in [-0.2, 0) is 17.4 Å². The smallest absolute Gasteiger partial charge is 0.333 e. The van der Waals surface area contributed by atoms with Crippen molar-refractivity contribution >= 4 is 11.7 Å². The maximum Gasteiger partial charge on any atom is 0.416 e. The number of aryl methyl sites for hydroxylation is 2.